The number of phenolic OH excluding ortho intramolecular Hbond substituents is 1. The number of fused-ring (bicyclic) bond motifs is 1. The van der Waals surface area contributed by atoms with E-state index in [9.17, 15) is 20.0 Å². The van der Waals surface area contributed by atoms with Crippen LogP contribution in [-0.4, -0.2) is 32.6 Å². The summed E-state index contributed by atoms with van der Waals surface area (Å²) in [5, 5.41) is 24.6. The van der Waals surface area contributed by atoms with Gasteiger partial charge in [-0.25, -0.2) is 9.78 Å². The number of esters is 1. The van der Waals surface area contributed by atoms with Gasteiger partial charge in [-0.3, -0.25) is 10.1 Å². The Bertz CT molecular complexity index is 1350. The standard InChI is InChI=1S/C22H19N5O5S/c1-2-32-21(29)16-15(12-8-9-14(28)13(10-12)27(30)31)17-19(23)25-22(33)26-20(17)24-18(16)11-6-4-3-5-7-11/h3-10,15,28H,2H2,1H3,(H4,23,24,25,26,33). The van der Waals surface area contributed by atoms with E-state index in [1.165, 1.54) is 18.2 Å². The number of rotatable bonds is 5. The zero-order valence-corrected chi connectivity index (χ0v) is 18.2. The Morgan fingerprint density at radius 1 is 1.30 bits per heavy atom. The monoisotopic (exact) mass is 465 g/mol. The van der Waals surface area contributed by atoms with E-state index in [1.807, 2.05) is 18.2 Å². The Morgan fingerprint density at radius 2 is 2.03 bits per heavy atom. The first-order chi connectivity index (χ1) is 15.8. The highest BCUT2D eigenvalue weighted by Crippen LogP contribution is 2.47. The van der Waals surface area contributed by atoms with Crippen molar-refractivity contribution in [3.05, 3.63) is 85.7 Å². The molecule has 5 N–H and O–H groups in total. The molecule has 2 aromatic carbocycles. The number of aromatic nitrogens is 2. The lowest BCUT2D eigenvalue weighted by molar-refractivity contribution is -0.385. The van der Waals surface area contributed by atoms with Crippen LogP contribution in [0.15, 0.2) is 54.1 Å². The number of nitrogens with two attached hydrogens (primary N) is 1. The van der Waals surface area contributed by atoms with Gasteiger partial charge in [0.05, 0.1) is 28.7 Å². The van der Waals surface area contributed by atoms with Crippen LogP contribution in [0.5, 0.6) is 5.75 Å². The van der Waals surface area contributed by atoms with Crippen LogP contribution in [0.1, 0.15) is 29.5 Å². The van der Waals surface area contributed by atoms with Crippen molar-refractivity contribution in [2.45, 2.75) is 12.8 Å². The number of nitrogens with one attached hydrogen (secondary N) is 2. The van der Waals surface area contributed by atoms with E-state index in [2.05, 4.69) is 15.3 Å². The maximum Gasteiger partial charge on any atom is 0.337 e. The summed E-state index contributed by atoms with van der Waals surface area (Å²) < 4.78 is 5.48. The largest absolute Gasteiger partial charge is 0.502 e. The van der Waals surface area contributed by atoms with Crippen molar-refractivity contribution in [3.8, 4) is 5.75 Å². The molecule has 3 aromatic rings. The second-order valence-corrected chi connectivity index (χ2v) is 7.54. The van der Waals surface area contributed by atoms with Gasteiger partial charge in [0.2, 0.25) is 0 Å². The minimum atomic E-state index is -0.894. The molecule has 0 saturated heterocycles. The summed E-state index contributed by atoms with van der Waals surface area (Å²) in [6.07, 6.45) is 0. The topological polar surface area (TPSA) is 156 Å². The minimum absolute atomic E-state index is 0.116. The molecule has 168 valence electrons. The zero-order chi connectivity index (χ0) is 23.7. The van der Waals surface area contributed by atoms with E-state index in [0.717, 1.165) is 0 Å². The first-order valence-corrected chi connectivity index (χ1v) is 10.3. The number of anilines is 2. The highest BCUT2D eigenvalue weighted by Gasteiger charge is 2.38. The molecule has 1 aromatic heterocycles. The number of ether oxygens (including phenoxy) is 1. The van der Waals surface area contributed by atoms with Crippen LogP contribution in [0.4, 0.5) is 17.3 Å². The second-order valence-electron chi connectivity index (χ2n) is 7.16. The first-order valence-electron chi connectivity index (χ1n) is 9.92. The number of nitrogen functional groups attached to an aromatic ring is 1. The van der Waals surface area contributed by atoms with Crippen molar-refractivity contribution in [1.29, 1.82) is 0 Å². The number of nitro groups is 1. The molecular formula is C22H19N5O5S. The van der Waals surface area contributed by atoms with Crippen molar-refractivity contribution in [2.75, 3.05) is 17.7 Å². The van der Waals surface area contributed by atoms with Crippen molar-refractivity contribution in [3.63, 3.8) is 0 Å². The second kappa shape index (κ2) is 8.71. The fourth-order valence-corrected chi connectivity index (χ4v) is 4.02. The maximum atomic E-state index is 13.2. The molecule has 0 fully saturated rings. The Morgan fingerprint density at radius 3 is 2.70 bits per heavy atom. The van der Waals surface area contributed by atoms with Crippen LogP contribution in [0.25, 0.3) is 5.70 Å². The first kappa shape index (κ1) is 22.0. The molecule has 1 unspecified atom stereocenters. The molecule has 1 aliphatic rings. The SMILES string of the molecule is CCOC(=O)C1=C(c2ccccc2)Nc2nc(=S)[nH]c(N)c2C1c1ccc(O)c([N+](=O)[O-])c1. The zero-order valence-electron chi connectivity index (χ0n) is 17.4. The number of hydrogen-bond acceptors (Lipinski definition) is 9. The Labute approximate surface area is 192 Å². The lowest BCUT2D eigenvalue weighted by atomic mass is 9.80. The van der Waals surface area contributed by atoms with Crippen molar-refractivity contribution < 1.29 is 19.6 Å². The summed E-state index contributed by atoms with van der Waals surface area (Å²) in [6, 6.07) is 12.9. The number of phenols is 1. The molecule has 0 spiro atoms. The number of nitrogens with zero attached hydrogens (tertiary/aromatic N) is 2. The Hall–Kier alpha value is -4.25. The maximum absolute atomic E-state index is 13.2. The van der Waals surface area contributed by atoms with Gasteiger partial charge in [-0.1, -0.05) is 36.4 Å². The number of aromatic hydroxyl groups is 1. The highest BCUT2D eigenvalue weighted by molar-refractivity contribution is 7.71. The average molecular weight is 465 g/mol. The molecule has 2 heterocycles. The third-order valence-corrected chi connectivity index (χ3v) is 5.37. The van der Waals surface area contributed by atoms with Gasteiger partial charge < -0.3 is 25.9 Å². The fraction of sp³-hybridized carbons (Fsp3) is 0.136. The quantitative estimate of drug-likeness (QED) is 0.190. The van der Waals surface area contributed by atoms with Crippen molar-refractivity contribution >= 4 is 41.2 Å². The van der Waals surface area contributed by atoms with Gasteiger partial charge in [0.15, 0.2) is 10.5 Å². The highest BCUT2D eigenvalue weighted by atomic mass is 32.1. The van der Waals surface area contributed by atoms with Gasteiger partial charge >= 0.3 is 11.7 Å². The van der Waals surface area contributed by atoms with Gasteiger partial charge in [-0.15, -0.1) is 0 Å². The van der Waals surface area contributed by atoms with E-state index in [-0.39, 0.29) is 22.8 Å². The number of hydrogen-bond donors (Lipinski definition) is 4. The van der Waals surface area contributed by atoms with Crippen LogP contribution in [0.2, 0.25) is 0 Å². The molecule has 0 saturated carbocycles. The number of carbonyl (C=O) groups excluding carboxylic acids is 1. The Kier molecular flexibility index (Phi) is 5.80. The molecule has 1 atom stereocenters. The van der Waals surface area contributed by atoms with Gasteiger partial charge in [0, 0.05) is 11.6 Å². The van der Waals surface area contributed by atoms with E-state index >= 15 is 0 Å². The summed E-state index contributed by atoms with van der Waals surface area (Å²) in [5.74, 6) is -1.57. The van der Waals surface area contributed by atoms with E-state index < -0.39 is 28.2 Å². The number of carbonyl (C=O) groups is 1. The van der Waals surface area contributed by atoms with Crippen LogP contribution in [0.3, 0.4) is 0 Å². The van der Waals surface area contributed by atoms with Crippen molar-refractivity contribution in [2.24, 2.45) is 0 Å². The van der Waals surface area contributed by atoms with Crippen LogP contribution >= 0.6 is 12.2 Å². The minimum Gasteiger partial charge on any atom is -0.502 e. The van der Waals surface area contributed by atoms with Crippen LogP contribution < -0.4 is 11.1 Å². The smallest absolute Gasteiger partial charge is 0.337 e. The molecule has 11 heteroatoms. The lowest BCUT2D eigenvalue weighted by Crippen LogP contribution is -2.27. The average Bonchev–Trinajstić information content (AvgIpc) is 2.78. The molecule has 0 amide bonds. The lowest BCUT2D eigenvalue weighted by Gasteiger charge is -2.31. The predicted octanol–water partition coefficient (Wildman–Crippen LogP) is 3.87. The molecule has 10 nitrogen and oxygen atoms in total. The van der Waals surface area contributed by atoms with E-state index in [4.69, 9.17) is 22.7 Å². The molecule has 1 aliphatic heterocycles. The summed E-state index contributed by atoms with van der Waals surface area (Å²) in [5.41, 5.74) is 7.75. The summed E-state index contributed by atoms with van der Waals surface area (Å²) >= 11 is 5.17. The molecule has 0 radical (unpaired) electrons. The third kappa shape index (κ3) is 4.01. The summed E-state index contributed by atoms with van der Waals surface area (Å²) in [7, 11) is 0. The number of nitro benzene ring substituents is 1. The Balaban J connectivity index is 2.08. The molecule has 0 aliphatic carbocycles. The molecule has 33 heavy (non-hydrogen) atoms. The van der Waals surface area contributed by atoms with Gasteiger partial charge in [0.25, 0.3) is 0 Å². The van der Waals surface area contributed by atoms with Gasteiger partial charge in [0.1, 0.15) is 11.6 Å². The van der Waals surface area contributed by atoms with E-state index in [0.29, 0.717) is 28.2 Å². The van der Waals surface area contributed by atoms with Crippen LogP contribution in [-0.2, 0) is 9.53 Å². The third-order valence-electron chi connectivity index (χ3n) is 5.18. The number of aromatic amines is 1. The predicted molar refractivity (Wildman–Crippen MR) is 124 cm³/mol. The number of H-pyrrole nitrogens is 1. The van der Waals surface area contributed by atoms with Crippen molar-refractivity contribution in [1.82, 2.24) is 9.97 Å². The van der Waals surface area contributed by atoms with E-state index in [1.54, 1.807) is 19.1 Å². The molecular weight excluding hydrogens is 446 g/mol. The normalized spacial score (nSPS) is 14.9. The number of benzene rings is 2. The molecule has 4 rings (SSSR count). The summed E-state index contributed by atoms with van der Waals surface area (Å²) in [4.78, 5) is 31.1. The van der Waals surface area contributed by atoms with Gasteiger partial charge in [-0.2, -0.15) is 0 Å². The summed E-state index contributed by atoms with van der Waals surface area (Å²) in [6.45, 7) is 1.79. The van der Waals surface area contributed by atoms with Gasteiger partial charge in [-0.05, 0) is 36.3 Å². The van der Waals surface area contributed by atoms with Crippen LogP contribution in [0, 0.1) is 14.9 Å². The fourth-order valence-electron chi connectivity index (χ4n) is 3.82. The molecule has 0 bridgehead atoms.